The summed E-state index contributed by atoms with van der Waals surface area (Å²) in [7, 11) is 0. The Morgan fingerprint density at radius 1 is 1.25 bits per heavy atom. The molecule has 2 saturated heterocycles. The van der Waals surface area contributed by atoms with Crippen LogP contribution in [-0.2, 0) is 0 Å². The van der Waals surface area contributed by atoms with E-state index in [0.717, 1.165) is 17.5 Å². The summed E-state index contributed by atoms with van der Waals surface area (Å²) < 4.78 is 2.25. The normalized spacial score (nSPS) is 26.2. The Labute approximate surface area is 116 Å². The topological polar surface area (TPSA) is 58.4 Å². The van der Waals surface area contributed by atoms with Gasteiger partial charge in [0.2, 0.25) is 0 Å². The zero-order chi connectivity index (χ0) is 13.7. The summed E-state index contributed by atoms with van der Waals surface area (Å²) in [6.07, 6.45) is 5.59. The first-order chi connectivity index (χ1) is 9.74. The van der Waals surface area contributed by atoms with Gasteiger partial charge in [-0.05, 0) is 44.0 Å². The molecule has 4 rings (SSSR count). The van der Waals surface area contributed by atoms with Gasteiger partial charge < -0.3 is 9.67 Å². The molecule has 0 bridgehead atoms. The van der Waals surface area contributed by atoms with Crippen molar-refractivity contribution in [2.75, 3.05) is 13.1 Å². The summed E-state index contributed by atoms with van der Waals surface area (Å²) in [5.41, 5.74) is 2.13. The average molecular weight is 271 g/mol. The van der Waals surface area contributed by atoms with E-state index in [1.807, 2.05) is 12.4 Å². The van der Waals surface area contributed by atoms with Gasteiger partial charge in [0.25, 0.3) is 0 Å². The molecule has 0 amide bonds. The van der Waals surface area contributed by atoms with Crippen LogP contribution in [0.5, 0.6) is 0 Å². The van der Waals surface area contributed by atoms with Crippen LogP contribution in [0.25, 0.3) is 11.0 Å². The van der Waals surface area contributed by atoms with E-state index in [2.05, 4.69) is 14.5 Å². The number of aromatic carboxylic acids is 1. The van der Waals surface area contributed by atoms with Crippen molar-refractivity contribution < 1.29 is 9.90 Å². The Kier molecular flexibility index (Phi) is 2.57. The number of hydrogen-bond acceptors (Lipinski definition) is 3. The van der Waals surface area contributed by atoms with Gasteiger partial charge in [-0.3, -0.25) is 4.90 Å². The first kappa shape index (κ1) is 11.9. The Hall–Kier alpha value is -1.88. The number of fused-ring (bicyclic) bond motifs is 2. The number of imidazole rings is 1. The SMILES string of the molecule is O=C(O)c1ccc2c(c1)ncn2C1CCN2CCCC12. The maximum atomic E-state index is 11.0. The molecule has 2 aliphatic rings. The molecular formula is C15H17N3O2. The predicted octanol–water partition coefficient (Wildman–Crippen LogP) is 2.14. The van der Waals surface area contributed by atoms with Gasteiger partial charge in [0.1, 0.15) is 0 Å². The second-order valence-corrected chi connectivity index (χ2v) is 5.76. The van der Waals surface area contributed by atoms with E-state index in [-0.39, 0.29) is 0 Å². The second-order valence-electron chi connectivity index (χ2n) is 5.76. The number of carboxylic acid groups (broad SMARTS) is 1. The highest BCUT2D eigenvalue weighted by Gasteiger charge is 2.38. The molecule has 1 N–H and O–H groups in total. The molecule has 5 nitrogen and oxygen atoms in total. The maximum Gasteiger partial charge on any atom is 0.335 e. The van der Waals surface area contributed by atoms with Gasteiger partial charge in [-0.2, -0.15) is 0 Å². The highest BCUT2D eigenvalue weighted by atomic mass is 16.4. The molecule has 2 atom stereocenters. The van der Waals surface area contributed by atoms with Crippen LogP contribution in [0, 0.1) is 0 Å². The maximum absolute atomic E-state index is 11.0. The molecule has 2 aliphatic heterocycles. The van der Waals surface area contributed by atoms with Crippen LogP contribution >= 0.6 is 0 Å². The van der Waals surface area contributed by atoms with E-state index in [4.69, 9.17) is 5.11 Å². The molecule has 20 heavy (non-hydrogen) atoms. The van der Waals surface area contributed by atoms with Gasteiger partial charge in [0.05, 0.1) is 29.0 Å². The Balaban J connectivity index is 1.75. The summed E-state index contributed by atoms with van der Waals surface area (Å²) in [4.78, 5) is 18.0. The van der Waals surface area contributed by atoms with Gasteiger partial charge in [0, 0.05) is 12.6 Å². The first-order valence-electron chi connectivity index (χ1n) is 7.18. The molecule has 2 aromatic rings. The summed E-state index contributed by atoms with van der Waals surface area (Å²) in [5.74, 6) is -0.899. The molecule has 2 unspecified atom stereocenters. The number of aromatic nitrogens is 2. The van der Waals surface area contributed by atoms with Crippen LogP contribution in [0.15, 0.2) is 24.5 Å². The van der Waals surface area contributed by atoms with Crippen LogP contribution in [-0.4, -0.2) is 44.7 Å². The van der Waals surface area contributed by atoms with Crippen LogP contribution < -0.4 is 0 Å². The van der Waals surface area contributed by atoms with Gasteiger partial charge in [-0.1, -0.05) is 0 Å². The Bertz CT molecular complexity index is 679. The molecule has 3 heterocycles. The van der Waals surface area contributed by atoms with Crippen LogP contribution in [0.4, 0.5) is 0 Å². The van der Waals surface area contributed by atoms with Crippen molar-refractivity contribution >= 4 is 17.0 Å². The summed E-state index contributed by atoms with van der Waals surface area (Å²) in [6.45, 7) is 2.39. The molecule has 5 heteroatoms. The van der Waals surface area contributed by atoms with E-state index < -0.39 is 5.97 Å². The highest BCUT2D eigenvalue weighted by molar-refractivity contribution is 5.92. The van der Waals surface area contributed by atoms with Crippen molar-refractivity contribution in [3.63, 3.8) is 0 Å². The molecule has 0 saturated carbocycles. The fraction of sp³-hybridized carbons (Fsp3) is 0.467. The van der Waals surface area contributed by atoms with Gasteiger partial charge in [-0.25, -0.2) is 9.78 Å². The number of benzene rings is 1. The van der Waals surface area contributed by atoms with Crippen molar-refractivity contribution in [1.29, 1.82) is 0 Å². The third-order valence-corrected chi connectivity index (χ3v) is 4.75. The van der Waals surface area contributed by atoms with Gasteiger partial charge in [-0.15, -0.1) is 0 Å². The zero-order valence-corrected chi connectivity index (χ0v) is 11.2. The quantitative estimate of drug-likeness (QED) is 0.909. The van der Waals surface area contributed by atoms with Crippen LogP contribution in [0.3, 0.4) is 0 Å². The number of rotatable bonds is 2. The van der Waals surface area contributed by atoms with Crippen molar-refractivity contribution in [2.45, 2.75) is 31.3 Å². The van der Waals surface area contributed by atoms with Crippen molar-refractivity contribution in [2.24, 2.45) is 0 Å². The minimum Gasteiger partial charge on any atom is -0.478 e. The van der Waals surface area contributed by atoms with Crippen molar-refractivity contribution in [3.05, 3.63) is 30.1 Å². The van der Waals surface area contributed by atoms with Crippen molar-refractivity contribution in [3.8, 4) is 0 Å². The molecule has 0 radical (unpaired) electrons. The van der Waals surface area contributed by atoms with E-state index in [1.165, 1.54) is 25.9 Å². The van der Waals surface area contributed by atoms with E-state index in [9.17, 15) is 4.79 Å². The van der Waals surface area contributed by atoms with Crippen molar-refractivity contribution in [1.82, 2.24) is 14.5 Å². The number of hydrogen-bond donors (Lipinski definition) is 1. The third kappa shape index (κ3) is 1.66. The van der Waals surface area contributed by atoms with Gasteiger partial charge >= 0.3 is 5.97 Å². The average Bonchev–Trinajstić information content (AvgIpc) is 3.11. The molecule has 2 fully saturated rings. The Morgan fingerprint density at radius 3 is 3.00 bits per heavy atom. The Morgan fingerprint density at radius 2 is 2.15 bits per heavy atom. The lowest BCUT2D eigenvalue weighted by Crippen LogP contribution is -2.27. The first-order valence-corrected chi connectivity index (χ1v) is 7.18. The number of carbonyl (C=O) groups is 1. The standard InChI is InChI=1S/C15H17N3O2/c19-15(20)10-3-4-12-11(8-10)16-9-18(12)14-5-7-17-6-1-2-13(14)17/h3-4,8-9,13-14H,1-2,5-7H2,(H,19,20). The lowest BCUT2D eigenvalue weighted by Gasteiger charge is -2.21. The minimum atomic E-state index is -0.899. The molecular weight excluding hydrogens is 254 g/mol. The third-order valence-electron chi connectivity index (χ3n) is 4.75. The summed E-state index contributed by atoms with van der Waals surface area (Å²) in [5, 5.41) is 9.04. The fourth-order valence-corrected chi connectivity index (χ4v) is 3.81. The smallest absolute Gasteiger partial charge is 0.335 e. The van der Waals surface area contributed by atoms with E-state index in [1.54, 1.807) is 12.1 Å². The monoisotopic (exact) mass is 271 g/mol. The van der Waals surface area contributed by atoms with E-state index in [0.29, 0.717) is 17.6 Å². The summed E-state index contributed by atoms with van der Waals surface area (Å²) in [6, 6.07) is 6.34. The molecule has 1 aromatic heterocycles. The largest absolute Gasteiger partial charge is 0.478 e. The highest BCUT2D eigenvalue weighted by Crippen LogP contribution is 2.37. The summed E-state index contributed by atoms with van der Waals surface area (Å²) >= 11 is 0. The second kappa shape index (κ2) is 4.31. The van der Waals surface area contributed by atoms with Crippen LogP contribution in [0.1, 0.15) is 35.7 Å². The number of carboxylic acids is 1. The number of nitrogens with zero attached hydrogens (tertiary/aromatic N) is 3. The zero-order valence-electron chi connectivity index (χ0n) is 11.2. The van der Waals surface area contributed by atoms with Crippen LogP contribution in [0.2, 0.25) is 0 Å². The molecule has 0 spiro atoms. The van der Waals surface area contributed by atoms with Gasteiger partial charge in [0.15, 0.2) is 0 Å². The predicted molar refractivity (Wildman–Crippen MR) is 74.9 cm³/mol. The van der Waals surface area contributed by atoms with E-state index >= 15 is 0 Å². The lowest BCUT2D eigenvalue weighted by atomic mass is 10.1. The molecule has 0 aliphatic carbocycles. The molecule has 104 valence electrons. The minimum absolute atomic E-state index is 0.302. The fourth-order valence-electron chi connectivity index (χ4n) is 3.81. The lowest BCUT2D eigenvalue weighted by molar-refractivity contribution is 0.0697. The molecule has 1 aromatic carbocycles.